The number of rotatable bonds is 4. The summed E-state index contributed by atoms with van der Waals surface area (Å²) in [5.74, 6) is -0.0723. The maximum atomic E-state index is 12.6. The van der Waals surface area contributed by atoms with Gasteiger partial charge in [0.1, 0.15) is 18.1 Å². The van der Waals surface area contributed by atoms with Gasteiger partial charge in [-0.1, -0.05) is 30.3 Å². The third-order valence-corrected chi connectivity index (χ3v) is 4.80. The van der Waals surface area contributed by atoms with Gasteiger partial charge in [-0.2, -0.15) is 0 Å². The van der Waals surface area contributed by atoms with Gasteiger partial charge in [0.2, 0.25) is 5.91 Å². The maximum absolute atomic E-state index is 12.6. The van der Waals surface area contributed by atoms with Crippen molar-refractivity contribution in [2.24, 2.45) is 5.73 Å². The van der Waals surface area contributed by atoms with Crippen LogP contribution >= 0.6 is 0 Å². The summed E-state index contributed by atoms with van der Waals surface area (Å²) >= 11 is 0. The number of hydrogen-bond acceptors (Lipinski definition) is 5. The number of amides is 2. The first-order valence-electron chi connectivity index (χ1n) is 8.73. The number of nitrogens with zero attached hydrogens (tertiary/aromatic N) is 3. The highest BCUT2D eigenvalue weighted by atomic mass is 16.2. The minimum absolute atomic E-state index is 0.0524. The first kappa shape index (κ1) is 18.0. The molecule has 1 atom stereocenters. The van der Waals surface area contributed by atoms with Gasteiger partial charge >= 0.3 is 0 Å². The maximum Gasteiger partial charge on any atom is 0.269 e. The number of nitrogens with one attached hydrogen (secondary N) is 1. The third-order valence-electron chi connectivity index (χ3n) is 4.80. The Hall–Kier alpha value is -2.80. The van der Waals surface area contributed by atoms with E-state index in [1.54, 1.807) is 13.1 Å². The molecule has 136 valence electrons. The zero-order valence-electron chi connectivity index (χ0n) is 14.8. The molecule has 1 saturated heterocycles. The van der Waals surface area contributed by atoms with Crippen LogP contribution in [0.3, 0.4) is 0 Å². The van der Waals surface area contributed by atoms with Crippen LogP contribution in [0, 0.1) is 0 Å². The van der Waals surface area contributed by atoms with Gasteiger partial charge in [0.05, 0.1) is 0 Å². The molecule has 26 heavy (non-hydrogen) atoms. The predicted molar refractivity (Wildman–Crippen MR) is 97.3 cm³/mol. The van der Waals surface area contributed by atoms with Crippen LogP contribution in [0.2, 0.25) is 0 Å². The number of nitrogens with two attached hydrogens (primary N) is 1. The molecule has 0 radical (unpaired) electrons. The molecular formula is C19H23N5O2. The predicted octanol–water partition coefficient (Wildman–Crippen LogP) is 1.24. The summed E-state index contributed by atoms with van der Waals surface area (Å²) < 4.78 is 0. The van der Waals surface area contributed by atoms with Crippen LogP contribution in [0.15, 0.2) is 42.7 Å². The van der Waals surface area contributed by atoms with Crippen molar-refractivity contribution in [3.05, 3.63) is 59.7 Å². The molecule has 0 saturated carbocycles. The largest absolute Gasteiger partial charge is 0.354 e. The standard InChI is InChI=1S/C19H23N5O2/c1-21-18(25)16-11-15(22-12-23-16)13-7-9-24(10-8-13)19(26)17(20)14-5-3-2-4-6-14/h2-6,11-13,17H,7-10,20H2,1H3,(H,21,25)/t17-/m0/s1. The van der Waals surface area contributed by atoms with Gasteiger partial charge in [-0.15, -0.1) is 0 Å². The van der Waals surface area contributed by atoms with Gasteiger partial charge < -0.3 is 16.0 Å². The summed E-state index contributed by atoms with van der Waals surface area (Å²) in [6, 6.07) is 10.5. The minimum Gasteiger partial charge on any atom is -0.354 e. The minimum atomic E-state index is -0.633. The molecule has 7 heteroatoms. The van der Waals surface area contributed by atoms with E-state index in [1.807, 2.05) is 35.2 Å². The summed E-state index contributed by atoms with van der Waals surface area (Å²) in [6.07, 6.45) is 3.00. The van der Waals surface area contributed by atoms with E-state index in [2.05, 4.69) is 15.3 Å². The van der Waals surface area contributed by atoms with Crippen LogP contribution in [-0.2, 0) is 4.79 Å². The number of carbonyl (C=O) groups is 2. The summed E-state index contributed by atoms with van der Waals surface area (Å²) in [5.41, 5.74) is 8.16. The Morgan fingerprint density at radius 2 is 1.88 bits per heavy atom. The molecule has 7 nitrogen and oxygen atoms in total. The number of hydrogen-bond donors (Lipinski definition) is 2. The van der Waals surface area contributed by atoms with Gasteiger partial charge in [-0.25, -0.2) is 9.97 Å². The number of piperidine rings is 1. The zero-order chi connectivity index (χ0) is 18.5. The van der Waals surface area contributed by atoms with Crippen LogP contribution in [-0.4, -0.2) is 46.8 Å². The third kappa shape index (κ3) is 3.88. The Kier molecular flexibility index (Phi) is 5.58. The van der Waals surface area contributed by atoms with Crippen molar-refractivity contribution in [1.82, 2.24) is 20.2 Å². The van der Waals surface area contributed by atoms with E-state index in [4.69, 9.17) is 5.73 Å². The number of carbonyl (C=O) groups excluding carboxylic acids is 2. The SMILES string of the molecule is CNC(=O)c1cc(C2CCN(C(=O)[C@@H](N)c3ccccc3)CC2)ncn1. The molecule has 2 amide bonds. The van der Waals surface area contributed by atoms with Crippen molar-refractivity contribution in [3.8, 4) is 0 Å². The van der Waals surface area contributed by atoms with Gasteiger partial charge in [-0.05, 0) is 24.5 Å². The number of aromatic nitrogens is 2. The molecule has 2 heterocycles. The van der Waals surface area contributed by atoms with Gasteiger partial charge in [0, 0.05) is 31.7 Å². The van der Waals surface area contributed by atoms with Crippen molar-refractivity contribution in [2.45, 2.75) is 24.8 Å². The fraction of sp³-hybridized carbons (Fsp3) is 0.368. The highest BCUT2D eigenvalue weighted by molar-refractivity contribution is 5.92. The molecule has 1 aliphatic heterocycles. The highest BCUT2D eigenvalue weighted by Crippen LogP contribution is 2.28. The number of likely N-dealkylation sites (tertiary alicyclic amines) is 1. The second-order valence-electron chi connectivity index (χ2n) is 6.40. The van der Waals surface area contributed by atoms with E-state index in [9.17, 15) is 9.59 Å². The summed E-state index contributed by atoms with van der Waals surface area (Å²) in [4.78, 5) is 34.5. The molecule has 0 spiro atoms. The fourth-order valence-corrected chi connectivity index (χ4v) is 3.24. The second kappa shape index (κ2) is 8.05. The molecule has 0 bridgehead atoms. The molecule has 1 aromatic heterocycles. The number of benzene rings is 1. The van der Waals surface area contributed by atoms with E-state index in [0.29, 0.717) is 18.8 Å². The van der Waals surface area contributed by atoms with E-state index < -0.39 is 6.04 Å². The first-order valence-corrected chi connectivity index (χ1v) is 8.73. The second-order valence-corrected chi connectivity index (χ2v) is 6.40. The molecule has 3 rings (SSSR count). The average Bonchev–Trinajstić information content (AvgIpc) is 2.73. The van der Waals surface area contributed by atoms with Crippen LogP contribution in [0.5, 0.6) is 0 Å². The van der Waals surface area contributed by atoms with Gasteiger partial charge in [0.25, 0.3) is 5.91 Å². The highest BCUT2D eigenvalue weighted by Gasteiger charge is 2.28. The van der Waals surface area contributed by atoms with Crippen LogP contribution < -0.4 is 11.1 Å². The Balaban J connectivity index is 1.62. The van der Waals surface area contributed by atoms with Crippen molar-refractivity contribution < 1.29 is 9.59 Å². The molecule has 1 aromatic carbocycles. The smallest absolute Gasteiger partial charge is 0.269 e. The lowest BCUT2D eigenvalue weighted by atomic mass is 9.92. The van der Waals surface area contributed by atoms with Crippen LogP contribution in [0.4, 0.5) is 0 Å². The monoisotopic (exact) mass is 353 g/mol. The van der Waals surface area contributed by atoms with Crippen LogP contribution in [0.25, 0.3) is 0 Å². The fourth-order valence-electron chi connectivity index (χ4n) is 3.24. The Morgan fingerprint density at radius 1 is 1.19 bits per heavy atom. The van der Waals surface area contributed by atoms with Gasteiger partial charge in [-0.3, -0.25) is 9.59 Å². The van der Waals surface area contributed by atoms with Gasteiger partial charge in [0.15, 0.2) is 0 Å². The van der Waals surface area contributed by atoms with Crippen LogP contribution in [0.1, 0.15) is 46.5 Å². The van der Waals surface area contributed by atoms with Crippen molar-refractivity contribution in [1.29, 1.82) is 0 Å². The van der Waals surface area contributed by atoms with E-state index >= 15 is 0 Å². The summed E-state index contributed by atoms with van der Waals surface area (Å²) in [5, 5.41) is 2.57. The molecule has 0 unspecified atom stereocenters. The Morgan fingerprint density at radius 3 is 2.54 bits per heavy atom. The van der Waals surface area contributed by atoms with E-state index in [0.717, 1.165) is 24.1 Å². The quantitative estimate of drug-likeness (QED) is 0.861. The first-order chi connectivity index (χ1) is 12.6. The van der Waals surface area contributed by atoms with E-state index in [1.165, 1.54) is 6.33 Å². The Bertz CT molecular complexity index is 773. The topological polar surface area (TPSA) is 101 Å². The lowest BCUT2D eigenvalue weighted by molar-refractivity contribution is -0.133. The lowest BCUT2D eigenvalue weighted by Crippen LogP contribution is -2.43. The Labute approximate surface area is 152 Å². The zero-order valence-corrected chi connectivity index (χ0v) is 14.8. The molecule has 1 aliphatic rings. The molecular weight excluding hydrogens is 330 g/mol. The molecule has 1 fully saturated rings. The van der Waals surface area contributed by atoms with Crippen molar-refractivity contribution in [3.63, 3.8) is 0 Å². The normalized spacial score (nSPS) is 16.2. The molecule has 2 aromatic rings. The van der Waals surface area contributed by atoms with Crippen molar-refractivity contribution >= 4 is 11.8 Å². The average molecular weight is 353 g/mol. The summed E-state index contributed by atoms with van der Waals surface area (Å²) in [7, 11) is 1.57. The molecule has 3 N–H and O–H groups in total. The summed E-state index contributed by atoms with van der Waals surface area (Å²) in [6.45, 7) is 1.26. The molecule has 0 aliphatic carbocycles. The van der Waals surface area contributed by atoms with Crippen molar-refractivity contribution in [2.75, 3.05) is 20.1 Å². The lowest BCUT2D eigenvalue weighted by Gasteiger charge is -2.33. The van der Waals surface area contributed by atoms with E-state index in [-0.39, 0.29) is 17.7 Å².